The molecular formula is C22H22N2O3S2. The van der Waals surface area contributed by atoms with Gasteiger partial charge in [0.1, 0.15) is 5.25 Å². The van der Waals surface area contributed by atoms with Crippen LogP contribution >= 0.6 is 11.8 Å². The van der Waals surface area contributed by atoms with Gasteiger partial charge in [-0.15, -0.1) is 0 Å². The summed E-state index contributed by atoms with van der Waals surface area (Å²) < 4.78 is 34.3. The van der Waals surface area contributed by atoms with Crippen molar-refractivity contribution in [1.29, 1.82) is 0 Å². The number of hydrogen-bond acceptors (Lipinski definition) is 5. The van der Waals surface area contributed by atoms with E-state index in [0.717, 1.165) is 26.7 Å². The highest BCUT2D eigenvalue weighted by Crippen LogP contribution is 2.50. The van der Waals surface area contributed by atoms with E-state index in [4.69, 9.17) is 0 Å². The number of anilines is 2. The van der Waals surface area contributed by atoms with Crippen LogP contribution in [0.5, 0.6) is 0 Å². The molecule has 0 aliphatic carbocycles. The standard InChI is InChI=1S/C22H22N2O3S2/c1-15-10-11-21-19(13-15)24(18-8-3-4-9-20(18)28-21)16(2)14-22(29(25,26)27)17-7-5-6-12-23-17/h3-13,16,22H,14H2,1-2H3,(H,25,26,27). The van der Waals surface area contributed by atoms with E-state index in [1.807, 2.05) is 32.0 Å². The molecule has 1 aromatic heterocycles. The molecule has 0 saturated heterocycles. The molecule has 2 aromatic carbocycles. The zero-order chi connectivity index (χ0) is 20.6. The summed E-state index contributed by atoms with van der Waals surface area (Å²) in [7, 11) is -4.31. The van der Waals surface area contributed by atoms with Gasteiger partial charge >= 0.3 is 0 Å². The molecular weight excluding hydrogens is 404 g/mol. The van der Waals surface area contributed by atoms with Gasteiger partial charge in [0.05, 0.1) is 17.1 Å². The Hall–Kier alpha value is -2.35. The van der Waals surface area contributed by atoms with E-state index in [0.29, 0.717) is 5.69 Å². The van der Waals surface area contributed by atoms with Gasteiger partial charge in [-0.25, -0.2) is 0 Å². The van der Waals surface area contributed by atoms with Gasteiger partial charge in [0.15, 0.2) is 0 Å². The van der Waals surface area contributed by atoms with Gasteiger partial charge in [-0.1, -0.05) is 36.0 Å². The molecule has 4 rings (SSSR count). The van der Waals surface area contributed by atoms with Gasteiger partial charge in [0.25, 0.3) is 10.1 Å². The van der Waals surface area contributed by atoms with Crippen LogP contribution in [0.1, 0.15) is 29.9 Å². The first-order chi connectivity index (χ1) is 13.8. The topological polar surface area (TPSA) is 70.5 Å². The quantitative estimate of drug-likeness (QED) is 0.551. The fourth-order valence-corrected chi connectivity index (χ4v) is 5.76. The third-order valence-corrected chi connectivity index (χ3v) is 7.38. The summed E-state index contributed by atoms with van der Waals surface area (Å²) >= 11 is 1.71. The van der Waals surface area contributed by atoms with Crippen LogP contribution in [0.15, 0.2) is 76.7 Å². The molecule has 0 amide bonds. The molecule has 1 aliphatic heterocycles. The Morgan fingerprint density at radius 1 is 1.03 bits per heavy atom. The third kappa shape index (κ3) is 4.03. The Kier molecular flexibility index (Phi) is 5.38. The van der Waals surface area contributed by atoms with Crippen LogP contribution in [-0.2, 0) is 10.1 Å². The molecule has 0 radical (unpaired) electrons. The highest BCUT2D eigenvalue weighted by molar-refractivity contribution is 7.99. The Morgan fingerprint density at radius 2 is 1.76 bits per heavy atom. The van der Waals surface area contributed by atoms with Crippen molar-refractivity contribution < 1.29 is 13.0 Å². The summed E-state index contributed by atoms with van der Waals surface area (Å²) in [6, 6.07) is 19.3. The van der Waals surface area contributed by atoms with E-state index in [1.165, 1.54) is 0 Å². The molecule has 0 spiro atoms. The average Bonchev–Trinajstić information content (AvgIpc) is 2.70. The Balaban J connectivity index is 1.77. The van der Waals surface area contributed by atoms with Gasteiger partial charge in [-0.3, -0.25) is 9.54 Å². The van der Waals surface area contributed by atoms with Crippen molar-refractivity contribution in [2.45, 2.75) is 41.4 Å². The lowest BCUT2D eigenvalue weighted by Gasteiger charge is -2.38. The van der Waals surface area contributed by atoms with E-state index < -0.39 is 15.4 Å². The smallest absolute Gasteiger partial charge is 0.273 e. The molecule has 1 N–H and O–H groups in total. The minimum atomic E-state index is -4.31. The van der Waals surface area contributed by atoms with Crippen LogP contribution in [0.3, 0.4) is 0 Å². The van der Waals surface area contributed by atoms with Gasteiger partial charge in [-0.2, -0.15) is 8.42 Å². The first-order valence-electron chi connectivity index (χ1n) is 9.38. The maximum Gasteiger partial charge on any atom is 0.273 e. The van der Waals surface area contributed by atoms with Gasteiger partial charge < -0.3 is 4.90 Å². The second-order valence-electron chi connectivity index (χ2n) is 7.25. The van der Waals surface area contributed by atoms with Crippen molar-refractivity contribution in [2.24, 2.45) is 0 Å². The SMILES string of the molecule is Cc1ccc2c(c1)N(C(C)CC(c1ccccn1)S(=O)(=O)O)c1ccccc1S2. The number of aryl methyl sites for hydroxylation is 1. The number of benzene rings is 2. The Bertz CT molecular complexity index is 1130. The molecule has 150 valence electrons. The van der Waals surface area contributed by atoms with Gasteiger partial charge in [0, 0.05) is 22.0 Å². The maximum atomic E-state index is 12.2. The normalized spacial score (nSPS) is 15.3. The molecule has 3 aromatic rings. The highest BCUT2D eigenvalue weighted by Gasteiger charge is 2.33. The van der Waals surface area contributed by atoms with Crippen molar-refractivity contribution >= 4 is 33.3 Å². The van der Waals surface area contributed by atoms with Crippen LogP contribution in [0.25, 0.3) is 0 Å². The molecule has 0 bridgehead atoms. The van der Waals surface area contributed by atoms with Crippen molar-refractivity contribution in [2.75, 3.05) is 4.90 Å². The van der Waals surface area contributed by atoms with E-state index in [-0.39, 0.29) is 12.5 Å². The summed E-state index contributed by atoms with van der Waals surface area (Å²) in [6.45, 7) is 4.03. The predicted molar refractivity (Wildman–Crippen MR) is 116 cm³/mol. The number of rotatable bonds is 5. The van der Waals surface area contributed by atoms with Crippen LogP contribution in [0, 0.1) is 6.92 Å². The number of fused-ring (bicyclic) bond motifs is 2. The molecule has 2 unspecified atom stereocenters. The van der Waals surface area contributed by atoms with Crippen molar-refractivity contribution in [3.05, 3.63) is 78.1 Å². The lowest BCUT2D eigenvalue weighted by atomic mass is 10.0. The van der Waals surface area contributed by atoms with Crippen LogP contribution in [-0.4, -0.2) is 24.0 Å². The summed E-state index contributed by atoms with van der Waals surface area (Å²) in [4.78, 5) is 8.61. The number of pyridine rings is 1. The lowest BCUT2D eigenvalue weighted by Crippen LogP contribution is -2.33. The average molecular weight is 427 g/mol. The first-order valence-corrected chi connectivity index (χ1v) is 11.7. The fourth-order valence-electron chi connectivity index (χ4n) is 3.74. The highest BCUT2D eigenvalue weighted by atomic mass is 32.2. The summed E-state index contributed by atoms with van der Waals surface area (Å²) in [5, 5.41) is -1.09. The van der Waals surface area contributed by atoms with E-state index in [9.17, 15) is 13.0 Å². The minimum absolute atomic E-state index is 0.188. The number of aromatic nitrogens is 1. The molecule has 5 nitrogen and oxygen atoms in total. The molecule has 1 aliphatic rings. The molecule has 29 heavy (non-hydrogen) atoms. The first kappa shape index (κ1) is 19.9. The van der Waals surface area contributed by atoms with Crippen molar-refractivity contribution in [3.8, 4) is 0 Å². The largest absolute Gasteiger partial charge is 0.337 e. The van der Waals surface area contributed by atoms with Crippen LogP contribution < -0.4 is 4.90 Å². The molecule has 0 fully saturated rings. The maximum absolute atomic E-state index is 12.2. The van der Waals surface area contributed by atoms with E-state index in [2.05, 4.69) is 34.1 Å². The molecule has 2 heterocycles. The summed E-state index contributed by atoms with van der Waals surface area (Å²) in [5.41, 5.74) is 3.58. The zero-order valence-electron chi connectivity index (χ0n) is 16.2. The van der Waals surface area contributed by atoms with Crippen LogP contribution in [0.2, 0.25) is 0 Å². The monoisotopic (exact) mass is 426 g/mol. The van der Waals surface area contributed by atoms with E-state index >= 15 is 0 Å². The minimum Gasteiger partial charge on any atom is -0.337 e. The second-order valence-corrected chi connectivity index (χ2v) is 9.94. The van der Waals surface area contributed by atoms with Crippen molar-refractivity contribution in [1.82, 2.24) is 4.98 Å². The van der Waals surface area contributed by atoms with Gasteiger partial charge in [0.2, 0.25) is 0 Å². The van der Waals surface area contributed by atoms with E-state index in [1.54, 1.807) is 36.2 Å². The Labute approximate surface area is 175 Å². The fraction of sp³-hybridized carbons (Fsp3) is 0.227. The third-order valence-electron chi connectivity index (χ3n) is 5.09. The summed E-state index contributed by atoms with van der Waals surface area (Å²) in [5.74, 6) is 0. The number of nitrogens with zero attached hydrogens (tertiary/aromatic N) is 2. The zero-order valence-corrected chi connectivity index (χ0v) is 17.8. The predicted octanol–water partition coefficient (Wildman–Crippen LogP) is 5.40. The molecule has 0 saturated carbocycles. The molecule has 2 atom stereocenters. The van der Waals surface area contributed by atoms with Gasteiger partial charge in [-0.05, 0) is 62.2 Å². The summed E-state index contributed by atoms with van der Waals surface area (Å²) in [6.07, 6.45) is 1.76. The van der Waals surface area contributed by atoms with Crippen LogP contribution in [0.4, 0.5) is 11.4 Å². The number of para-hydroxylation sites is 1. The number of hydrogen-bond donors (Lipinski definition) is 1. The molecule has 7 heteroatoms. The van der Waals surface area contributed by atoms with Crippen molar-refractivity contribution in [3.63, 3.8) is 0 Å². The lowest BCUT2D eigenvalue weighted by molar-refractivity contribution is 0.455. The Morgan fingerprint density at radius 3 is 2.48 bits per heavy atom. The second kappa shape index (κ2) is 7.82.